The maximum atomic E-state index is 15.4. The van der Waals surface area contributed by atoms with Gasteiger partial charge in [-0.25, -0.2) is 0 Å². The molecular formula is C69H104ClF3N12O12. The molecule has 0 bridgehead atoms. The Labute approximate surface area is 574 Å². The number of piperidine rings is 1. The van der Waals surface area contributed by atoms with Crippen molar-refractivity contribution in [2.24, 2.45) is 17.8 Å². The number of carbonyl (C=O) groups is 12. The Morgan fingerprint density at radius 1 is 0.629 bits per heavy atom. The molecule has 1 aromatic rings. The van der Waals surface area contributed by atoms with Crippen LogP contribution in [-0.2, 0) is 70.1 Å². The van der Waals surface area contributed by atoms with Crippen LogP contribution in [0.25, 0.3) is 0 Å². The zero-order valence-electron chi connectivity index (χ0n) is 58.8. The van der Waals surface area contributed by atoms with Crippen LogP contribution in [0, 0.1) is 17.8 Å². The lowest BCUT2D eigenvalue weighted by Gasteiger charge is -2.45. The summed E-state index contributed by atoms with van der Waals surface area (Å²) in [6.07, 6.45) is 3.37. The van der Waals surface area contributed by atoms with E-state index in [9.17, 15) is 56.3 Å². The molecular weight excluding hydrogens is 1280 g/mol. The number of hydrogen-bond donors (Lipinski definition) is 3. The van der Waals surface area contributed by atoms with Crippen molar-refractivity contribution >= 4 is 82.5 Å². The van der Waals surface area contributed by atoms with E-state index in [1.54, 1.807) is 18.7 Å². The van der Waals surface area contributed by atoms with E-state index < -0.39 is 166 Å². The lowest BCUT2D eigenvalue weighted by molar-refractivity contribution is -0.160. The summed E-state index contributed by atoms with van der Waals surface area (Å²) in [6.45, 7) is 10.4. The van der Waals surface area contributed by atoms with Crippen LogP contribution in [0.3, 0.4) is 0 Å². The van der Waals surface area contributed by atoms with E-state index in [2.05, 4.69) is 16.0 Å². The van der Waals surface area contributed by atoms with Crippen molar-refractivity contribution in [2.45, 2.75) is 236 Å². The largest absolute Gasteiger partial charge is 0.417 e. The van der Waals surface area contributed by atoms with Gasteiger partial charge in [0.2, 0.25) is 70.9 Å². The lowest BCUT2D eigenvalue weighted by Crippen LogP contribution is -2.65. The highest BCUT2D eigenvalue weighted by atomic mass is 35.5. The third-order valence-corrected chi connectivity index (χ3v) is 21.4. The molecule has 1 spiro atoms. The molecule has 6 fully saturated rings. The van der Waals surface area contributed by atoms with Gasteiger partial charge in [0.15, 0.2) is 0 Å². The van der Waals surface area contributed by atoms with E-state index in [0.29, 0.717) is 50.8 Å². The van der Waals surface area contributed by atoms with Crippen LogP contribution in [0.15, 0.2) is 18.2 Å². The number of alkyl halides is 3. The molecule has 2 saturated carbocycles. The average Bonchev–Trinajstić information content (AvgIpc) is 1.73. The minimum atomic E-state index is -4.76. The summed E-state index contributed by atoms with van der Waals surface area (Å²) in [7, 11) is 8.52. The van der Waals surface area contributed by atoms with Crippen LogP contribution in [-0.4, -0.2) is 250 Å². The van der Waals surface area contributed by atoms with Gasteiger partial charge in [-0.15, -0.1) is 0 Å². The number of aryl methyl sites for hydroxylation is 1. The van der Waals surface area contributed by atoms with Crippen LogP contribution in [0.1, 0.15) is 175 Å². The van der Waals surface area contributed by atoms with Gasteiger partial charge in [-0.05, 0) is 126 Å². The molecule has 7 rings (SSSR count). The molecule has 24 nitrogen and oxygen atoms in total. The highest BCUT2D eigenvalue weighted by Crippen LogP contribution is 2.37. The van der Waals surface area contributed by atoms with Crippen molar-refractivity contribution in [3.8, 4) is 0 Å². The minimum Gasteiger partial charge on any atom is -0.343 e. The smallest absolute Gasteiger partial charge is 0.343 e. The Morgan fingerprint density at radius 2 is 1.26 bits per heavy atom. The van der Waals surface area contributed by atoms with E-state index in [4.69, 9.17) is 11.6 Å². The molecule has 3 N–H and O–H groups in total. The number of amides is 12. The second kappa shape index (κ2) is 33.2. The molecule has 6 aliphatic rings. The molecule has 1 aromatic carbocycles. The van der Waals surface area contributed by atoms with Crippen molar-refractivity contribution in [1.29, 1.82) is 0 Å². The number of carbonyl (C=O) groups excluding carboxylic acids is 12. The first-order chi connectivity index (χ1) is 45.6. The monoisotopic (exact) mass is 1380 g/mol. The molecule has 2 aliphatic carbocycles. The number of nitrogens with one attached hydrogen (secondary N) is 3. The predicted octanol–water partition coefficient (Wildman–Crippen LogP) is 5.00. The van der Waals surface area contributed by atoms with Crippen LogP contribution < -0.4 is 16.0 Å². The quantitative estimate of drug-likeness (QED) is 0.295. The second-order valence-corrected chi connectivity index (χ2v) is 29.2. The first kappa shape index (κ1) is 77.3. The normalized spacial score (nSPS) is 28.0. The van der Waals surface area contributed by atoms with Gasteiger partial charge in [0.1, 0.15) is 59.9 Å². The van der Waals surface area contributed by atoms with Crippen molar-refractivity contribution in [1.82, 2.24) is 60.0 Å². The van der Waals surface area contributed by atoms with Crippen LogP contribution >= 0.6 is 11.6 Å². The Morgan fingerprint density at radius 3 is 1.85 bits per heavy atom. The number of rotatable bonds is 9. The SMILES string of the molecule is CC(C)C[C@H]1C(=O)N[C@@H](C)C(=O)N(C)[C@@H](C)C(=O)N2CC[C@H]2C(=O)N(C)[C@@H](CC2CCCCC2)C(=O)N(C)CC(=O)N[C@@H](CCc2ccc(C(F)(F)F)c(Cl)c2)C(=O)N2CCC[C@H]2C(=O)NC2(CCCC2)C(=O)N(C)[C@@H](C(C)C)C(=O)N(C)[C@H](C(=O)N2CCCCC2)CC(=O)N1C. The highest BCUT2D eigenvalue weighted by molar-refractivity contribution is 6.31. The number of nitrogens with zero attached hydrogens (tertiary/aromatic N) is 9. The summed E-state index contributed by atoms with van der Waals surface area (Å²) in [6, 6.07) is -7.83. The van der Waals surface area contributed by atoms with E-state index >= 15 is 14.4 Å². The van der Waals surface area contributed by atoms with E-state index in [1.165, 1.54) is 96.5 Å². The van der Waals surface area contributed by atoms with E-state index in [1.807, 2.05) is 13.8 Å². The third-order valence-electron chi connectivity index (χ3n) is 21.1. The van der Waals surface area contributed by atoms with Crippen LogP contribution in [0.4, 0.5) is 13.2 Å². The number of benzene rings is 1. The van der Waals surface area contributed by atoms with Crippen molar-refractivity contribution < 1.29 is 70.7 Å². The van der Waals surface area contributed by atoms with Gasteiger partial charge in [0, 0.05) is 68.5 Å². The molecule has 540 valence electrons. The molecule has 4 saturated heterocycles. The van der Waals surface area contributed by atoms with E-state index in [-0.39, 0.29) is 76.3 Å². The topological polar surface area (TPSA) is 270 Å². The van der Waals surface area contributed by atoms with Crippen molar-refractivity contribution in [3.63, 3.8) is 0 Å². The van der Waals surface area contributed by atoms with Gasteiger partial charge >= 0.3 is 6.18 Å². The lowest BCUT2D eigenvalue weighted by atomic mass is 9.84. The zero-order valence-corrected chi connectivity index (χ0v) is 59.5. The second-order valence-electron chi connectivity index (χ2n) is 28.8. The maximum Gasteiger partial charge on any atom is 0.417 e. The van der Waals surface area contributed by atoms with Crippen molar-refractivity contribution in [2.75, 3.05) is 75.0 Å². The van der Waals surface area contributed by atoms with Crippen molar-refractivity contribution in [3.05, 3.63) is 34.3 Å². The summed E-state index contributed by atoms with van der Waals surface area (Å²) in [5, 5.41) is 7.95. The summed E-state index contributed by atoms with van der Waals surface area (Å²) in [4.78, 5) is 189. The maximum absolute atomic E-state index is 15.4. The van der Waals surface area contributed by atoms with Gasteiger partial charge < -0.3 is 60.0 Å². The summed E-state index contributed by atoms with van der Waals surface area (Å²) < 4.78 is 41.5. The number of likely N-dealkylation sites (tertiary alicyclic amines) is 1. The average molecular weight is 1390 g/mol. The molecule has 28 heteroatoms. The zero-order chi connectivity index (χ0) is 71.7. The van der Waals surface area contributed by atoms with Gasteiger partial charge in [-0.1, -0.05) is 90.3 Å². The number of halogens is 4. The minimum absolute atomic E-state index is 0.0262. The Bertz CT molecular complexity index is 3080. The molecule has 9 atom stereocenters. The molecule has 0 aromatic heterocycles. The molecule has 4 aliphatic heterocycles. The van der Waals surface area contributed by atoms with Crippen LogP contribution in [0.5, 0.6) is 0 Å². The fraction of sp³-hybridized carbons (Fsp3) is 0.739. The standard InChI is InChI=1S/C69H104ClF3N12O12/c1-41(2)36-52-58(88)74-43(5)60(90)78(8)44(6)61(91)85-35-29-51(85)64(94)80(10)53(38-45-22-15-13-16-23-45)63(93)77(7)40-55(86)75-49(28-26-46-25-27-47(48(70)37-46)69(71,72)73)62(92)84-34-21-24-50(84)59(89)76-68(30-17-18-31-68)67(97)82(12)57(42(3)4)66(96)81(11)54(39-56(87)79(52)9)65(95)83-32-19-14-20-33-83/h25,27,37,41-45,49-54,57H,13-24,26,28-36,38-40H2,1-12H3,(H,74,88)(H,75,86)(H,76,89)/t43-,44-,49-,50-,51-,52-,53-,54-,57-/m0/s1. The fourth-order valence-corrected chi connectivity index (χ4v) is 15.3. The predicted molar refractivity (Wildman–Crippen MR) is 355 cm³/mol. The number of fused-ring (bicyclic) bond motifs is 2. The number of hydrogen-bond acceptors (Lipinski definition) is 12. The Balaban J connectivity index is 1.26. The Kier molecular flexibility index (Phi) is 26.5. The van der Waals surface area contributed by atoms with E-state index in [0.717, 1.165) is 55.6 Å². The van der Waals surface area contributed by atoms with Crippen LogP contribution in [0.2, 0.25) is 5.02 Å². The van der Waals surface area contributed by atoms with Gasteiger partial charge in [-0.3, -0.25) is 57.5 Å². The first-order valence-electron chi connectivity index (χ1n) is 34.9. The summed E-state index contributed by atoms with van der Waals surface area (Å²) in [5.74, 6) is -8.48. The molecule has 4 heterocycles. The van der Waals surface area contributed by atoms with Gasteiger partial charge in [0.05, 0.1) is 23.6 Å². The molecule has 0 radical (unpaired) electrons. The molecule has 12 amide bonds. The molecule has 0 unspecified atom stereocenters. The first-order valence-corrected chi connectivity index (χ1v) is 35.2. The highest BCUT2D eigenvalue weighted by Gasteiger charge is 2.51. The Hall–Kier alpha value is -7.06. The third kappa shape index (κ3) is 18.2. The van der Waals surface area contributed by atoms with Gasteiger partial charge in [-0.2, -0.15) is 13.2 Å². The summed E-state index contributed by atoms with van der Waals surface area (Å²) in [5.41, 5.74) is -2.35. The number of likely N-dealkylation sites (N-methyl/N-ethyl adjacent to an activating group) is 6. The fourth-order valence-electron chi connectivity index (χ4n) is 15.0. The summed E-state index contributed by atoms with van der Waals surface area (Å²) >= 11 is 6.14. The van der Waals surface area contributed by atoms with Gasteiger partial charge in [0.25, 0.3) is 0 Å². The molecule has 97 heavy (non-hydrogen) atoms.